The average Bonchev–Trinajstić information content (AvgIpc) is 2.29. The number of nitro benzene ring substituents is 1. The first kappa shape index (κ1) is 12.6. The van der Waals surface area contributed by atoms with Crippen LogP contribution in [0.2, 0.25) is 0 Å². The lowest BCUT2D eigenvalue weighted by molar-refractivity contribution is -0.385. The van der Waals surface area contributed by atoms with Gasteiger partial charge in [0.05, 0.1) is 23.0 Å². The molecule has 86 valence electrons. The quantitative estimate of drug-likeness (QED) is 0.452. The number of ketones is 1. The molecule has 17 heavy (non-hydrogen) atoms. The molecular weight excluding hydrogens is 220 g/mol. The van der Waals surface area contributed by atoms with Gasteiger partial charge in [0, 0.05) is 11.6 Å². The zero-order valence-corrected chi connectivity index (χ0v) is 9.21. The molecule has 0 saturated carbocycles. The van der Waals surface area contributed by atoms with Crippen molar-refractivity contribution in [3.05, 3.63) is 45.5 Å². The molecule has 1 rings (SSSR count). The van der Waals surface area contributed by atoms with E-state index in [1.54, 1.807) is 0 Å². The summed E-state index contributed by atoms with van der Waals surface area (Å²) in [5, 5.41) is 19.2. The van der Waals surface area contributed by atoms with Crippen LogP contribution in [0.15, 0.2) is 24.3 Å². The summed E-state index contributed by atoms with van der Waals surface area (Å²) in [6, 6.07) is 6.18. The Morgan fingerprint density at radius 2 is 2.29 bits per heavy atom. The molecule has 0 bridgehead atoms. The van der Waals surface area contributed by atoms with Gasteiger partial charge in [-0.15, -0.1) is 0 Å². The molecule has 1 aromatic carbocycles. The van der Waals surface area contributed by atoms with Crippen molar-refractivity contribution in [3.63, 3.8) is 0 Å². The van der Waals surface area contributed by atoms with Crippen LogP contribution in [0, 0.1) is 21.4 Å². The maximum absolute atomic E-state index is 11.1. The number of nitro groups is 1. The zero-order valence-electron chi connectivity index (χ0n) is 9.21. The normalized spacial score (nSPS) is 10.1. The van der Waals surface area contributed by atoms with Crippen LogP contribution in [0.3, 0.4) is 0 Å². The molecule has 0 aliphatic carbocycles. The zero-order chi connectivity index (χ0) is 12.8. The largest absolute Gasteiger partial charge is 0.295 e. The van der Waals surface area contributed by atoms with E-state index in [9.17, 15) is 14.9 Å². The molecule has 0 spiro atoms. The van der Waals surface area contributed by atoms with Gasteiger partial charge in [-0.05, 0) is 13.0 Å². The van der Waals surface area contributed by atoms with Gasteiger partial charge in [0.15, 0.2) is 5.78 Å². The van der Waals surface area contributed by atoms with Gasteiger partial charge in [-0.1, -0.05) is 18.2 Å². The van der Waals surface area contributed by atoms with E-state index in [4.69, 9.17) is 5.26 Å². The van der Waals surface area contributed by atoms with Gasteiger partial charge in [0.1, 0.15) is 0 Å². The molecule has 5 heteroatoms. The van der Waals surface area contributed by atoms with Gasteiger partial charge in [-0.25, -0.2) is 0 Å². The van der Waals surface area contributed by atoms with Crippen molar-refractivity contribution in [1.82, 2.24) is 0 Å². The van der Waals surface area contributed by atoms with Gasteiger partial charge in [0.2, 0.25) is 0 Å². The minimum atomic E-state index is -0.543. The van der Waals surface area contributed by atoms with Crippen LogP contribution >= 0.6 is 0 Å². The third kappa shape index (κ3) is 3.24. The minimum Gasteiger partial charge on any atom is -0.295 e. The highest BCUT2D eigenvalue weighted by Gasteiger charge is 2.13. The molecule has 0 radical (unpaired) electrons. The van der Waals surface area contributed by atoms with Gasteiger partial charge in [-0.2, -0.15) is 5.26 Å². The number of allylic oxidation sites excluding steroid dienone is 1. The van der Waals surface area contributed by atoms with E-state index in [0.29, 0.717) is 11.1 Å². The Morgan fingerprint density at radius 1 is 1.59 bits per heavy atom. The summed E-state index contributed by atoms with van der Waals surface area (Å²) in [4.78, 5) is 21.4. The number of carbonyl (C=O) groups excluding carboxylic acids is 1. The Labute approximate surface area is 98.1 Å². The fourth-order valence-corrected chi connectivity index (χ4v) is 1.30. The number of benzene rings is 1. The Balaban J connectivity index is 3.18. The summed E-state index contributed by atoms with van der Waals surface area (Å²) in [6.45, 7) is 1.35. The molecule has 0 N–H and O–H groups in total. The van der Waals surface area contributed by atoms with Crippen molar-refractivity contribution in [2.75, 3.05) is 0 Å². The van der Waals surface area contributed by atoms with Crippen molar-refractivity contribution < 1.29 is 9.72 Å². The summed E-state index contributed by atoms with van der Waals surface area (Å²) >= 11 is 0. The molecule has 0 unspecified atom stereocenters. The fourth-order valence-electron chi connectivity index (χ4n) is 1.30. The molecule has 0 amide bonds. The molecule has 0 heterocycles. The lowest BCUT2D eigenvalue weighted by atomic mass is 10.1. The highest BCUT2D eigenvalue weighted by molar-refractivity contribution is 5.95. The van der Waals surface area contributed by atoms with Crippen LogP contribution in [0.5, 0.6) is 0 Å². The Morgan fingerprint density at radius 3 is 2.82 bits per heavy atom. The number of hydrogen-bond donors (Lipinski definition) is 0. The van der Waals surface area contributed by atoms with Gasteiger partial charge < -0.3 is 0 Å². The SMILES string of the molecule is CC(=O)c1ccc(C=CCC#N)c([N+](=O)[O-])c1. The summed E-state index contributed by atoms with van der Waals surface area (Å²) in [5.74, 6) is -0.222. The highest BCUT2D eigenvalue weighted by atomic mass is 16.6. The lowest BCUT2D eigenvalue weighted by Gasteiger charge is -2.00. The van der Waals surface area contributed by atoms with E-state index >= 15 is 0 Å². The third-order valence-electron chi connectivity index (χ3n) is 2.14. The van der Waals surface area contributed by atoms with Crippen LogP contribution in [-0.4, -0.2) is 10.7 Å². The maximum atomic E-state index is 11.1. The lowest BCUT2D eigenvalue weighted by Crippen LogP contribution is -1.97. The molecule has 0 aliphatic rings. The number of hydrogen-bond acceptors (Lipinski definition) is 4. The monoisotopic (exact) mass is 230 g/mol. The highest BCUT2D eigenvalue weighted by Crippen LogP contribution is 2.22. The first-order valence-electron chi connectivity index (χ1n) is 4.89. The van der Waals surface area contributed by atoms with Crippen LogP contribution in [-0.2, 0) is 0 Å². The molecule has 0 aromatic heterocycles. The Kier molecular flexibility index (Phi) is 4.12. The van der Waals surface area contributed by atoms with E-state index in [2.05, 4.69) is 0 Å². The summed E-state index contributed by atoms with van der Waals surface area (Å²) < 4.78 is 0. The van der Waals surface area contributed by atoms with Crippen molar-refractivity contribution >= 4 is 17.5 Å². The van der Waals surface area contributed by atoms with Crippen LogP contribution in [0.4, 0.5) is 5.69 Å². The van der Waals surface area contributed by atoms with E-state index in [-0.39, 0.29) is 17.9 Å². The van der Waals surface area contributed by atoms with Crippen LogP contribution in [0.1, 0.15) is 29.3 Å². The minimum absolute atomic E-state index is 0.133. The predicted molar refractivity (Wildman–Crippen MR) is 62.4 cm³/mol. The summed E-state index contributed by atoms with van der Waals surface area (Å²) in [7, 11) is 0. The van der Waals surface area contributed by atoms with Crippen LogP contribution < -0.4 is 0 Å². The van der Waals surface area contributed by atoms with Gasteiger partial charge in [0.25, 0.3) is 5.69 Å². The molecule has 0 fully saturated rings. The fraction of sp³-hybridized carbons (Fsp3) is 0.167. The molecule has 0 saturated heterocycles. The van der Waals surface area contributed by atoms with Gasteiger partial charge >= 0.3 is 0 Å². The summed E-state index contributed by atoms with van der Waals surface area (Å²) in [5.41, 5.74) is 0.552. The molecule has 0 aliphatic heterocycles. The van der Waals surface area contributed by atoms with Gasteiger partial charge in [-0.3, -0.25) is 14.9 Å². The average molecular weight is 230 g/mol. The van der Waals surface area contributed by atoms with E-state index in [1.165, 1.54) is 37.3 Å². The summed E-state index contributed by atoms with van der Waals surface area (Å²) in [6.07, 6.45) is 3.23. The second-order valence-electron chi connectivity index (χ2n) is 3.35. The third-order valence-corrected chi connectivity index (χ3v) is 2.14. The topological polar surface area (TPSA) is 84.0 Å². The van der Waals surface area contributed by atoms with Crippen molar-refractivity contribution in [1.29, 1.82) is 5.26 Å². The first-order valence-corrected chi connectivity index (χ1v) is 4.89. The smallest absolute Gasteiger partial charge is 0.277 e. The van der Waals surface area contributed by atoms with Crippen molar-refractivity contribution in [2.24, 2.45) is 0 Å². The standard InChI is InChI=1S/C12H10N2O3/c1-9(15)11-6-5-10(4-2-3-7-13)12(8-11)14(16)17/h2,4-6,8H,3H2,1H3. The molecule has 0 atom stereocenters. The van der Waals surface area contributed by atoms with Crippen molar-refractivity contribution in [2.45, 2.75) is 13.3 Å². The second-order valence-corrected chi connectivity index (χ2v) is 3.35. The molecule has 5 nitrogen and oxygen atoms in total. The number of rotatable bonds is 4. The number of nitrogens with zero attached hydrogens (tertiary/aromatic N) is 2. The molecule has 1 aromatic rings. The number of Topliss-reactive ketones (excluding diaryl/α,β-unsaturated/α-hetero) is 1. The predicted octanol–water partition coefficient (Wildman–Crippen LogP) is 2.72. The second kappa shape index (κ2) is 5.56. The van der Waals surface area contributed by atoms with E-state index in [0.717, 1.165) is 0 Å². The Bertz CT molecular complexity index is 527. The van der Waals surface area contributed by atoms with E-state index in [1.807, 2.05) is 6.07 Å². The Hall–Kier alpha value is -2.48. The van der Waals surface area contributed by atoms with Crippen LogP contribution in [0.25, 0.3) is 6.08 Å². The molecular formula is C12H10N2O3. The van der Waals surface area contributed by atoms with E-state index < -0.39 is 4.92 Å². The first-order chi connectivity index (χ1) is 8.06. The van der Waals surface area contributed by atoms with Crippen molar-refractivity contribution in [3.8, 4) is 6.07 Å². The number of carbonyl (C=O) groups is 1. The maximum Gasteiger partial charge on any atom is 0.277 e. The number of nitriles is 1.